The van der Waals surface area contributed by atoms with Gasteiger partial charge in [-0.1, -0.05) is 17.3 Å². The zero-order valence-corrected chi connectivity index (χ0v) is 18.7. The van der Waals surface area contributed by atoms with Crippen LogP contribution < -0.4 is 4.80 Å². The Morgan fingerprint density at radius 2 is 2.03 bits per heavy atom. The molecule has 12 heteroatoms. The minimum absolute atomic E-state index is 0.0756. The molecule has 1 aliphatic heterocycles. The van der Waals surface area contributed by atoms with Gasteiger partial charge in [-0.2, -0.15) is 9.30 Å². The number of rotatable bonds is 5. The molecule has 9 nitrogen and oxygen atoms in total. The largest absolute Gasteiger partial charge is 0.305 e. The van der Waals surface area contributed by atoms with Crippen molar-refractivity contribution in [2.24, 2.45) is 4.99 Å². The molecule has 1 fully saturated rings. The second kappa shape index (κ2) is 8.86. The number of fused-ring (bicyclic) bond motifs is 1. The molecule has 1 unspecified atom stereocenters. The van der Waals surface area contributed by atoms with E-state index in [0.717, 1.165) is 39.9 Å². The van der Waals surface area contributed by atoms with E-state index in [4.69, 9.17) is 6.42 Å². The van der Waals surface area contributed by atoms with E-state index in [0.29, 0.717) is 16.6 Å². The number of sulfonamides is 1. The van der Waals surface area contributed by atoms with Crippen LogP contribution >= 0.6 is 11.3 Å². The summed E-state index contributed by atoms with van der Waals surface area (Å²) >= 11 is 1.06. The van der Waals surface area contributed by atoms with Crippen molar-refractivity contribution in [1.29, 1.82) is 0 Å². The minimum Gasteiger partial charge on any atom is -0.305 e. The highest BCUT2D eigenvalue weighted by atomic mass is 32.2. The van der Waals surface area contributed by atoms with Gasteiger partial charge in [-0.25, -0.2) is 12.8 Å². The molecule has 2 heterocycles. The maximum absolute atomic E-state index is 13.2. The van der Waals surface area contributed by atoms with Gasteiger partial charge in [0.15, 0.2) is 4.80 Å². The van der Waals surface area contributed by atoms with Gasteiger partial charge in [0.25, 0.3) is 11.6 Å². The van der Waals surface area contributed by atoms with Crippen LogP contribution in [0.4, 0.5) is 10.1 Å². The predicted octanol–water partition coefficient (Wildman–Crippen LogP) is 2.66. The lowest BCUT2D eigenvalue weighted by Crippen LogP contribution is -2.40. The number of aromatic nitrogens is 1. The molecular weight excluding hydrogens is 471 g/mol. The summed E-state index contributed by atoms with van der Waals surface area (Å²) in [6, 6.07) is 7.62. The molecule has 1 aromatic heterocycles. The van der Waals surface area contributed by atoms with Gasteiger partial charge in [0, 0.05) is 18.7 Å². The molecule has 1 aliphatic rings. The smallest absolute Gasteiger partial charge is 0.270 e. The van der Waals surface area contributed by atoms with Crippen molar-refractivity contribution in [2.45, 2.75) is 30.3 Å². The quantitative estimate of drug-likeness (QED) is 0.311. The number of carbonyl (C=O) groups excluding carboxylic acids is 1. The molecule has 0 aliphatic carbocycles. The van der Waals surface area contributed by atoms with E-state index in [9.17, 15) is 27.7 Å². The van der Waals surface area contributed by atoms with E-state index in [1.807, 2.05) is 0 Å². The van der Waals surface area contributed by atoms with E-state index in [-0.39, 0.29) is 34.9 Å². The summed E-state index contributed by atoms with van der Waals surface area (Å²) in [5.41, 5.74) is 0.471. The van der Waals surface area contributed by atoms with Crippen LogP contribution in [0.2, 0.25) is 0 Å². The molecule has 1 atom stereocenters. The molecule has 33 heavy (non-hydrogen) atoms. The molecule has 2 aromatic carbocycles. The van der Waals surface area contributed by atoms with Gasteiger partial charge in [0.1, 0.15) is 11.9 Å². The van der Waals surface area contributed by atoms with Crippen LogP contribution in [-0.4, -0.2) is 40.7 Å². The predicted molar refractivity (Wildman–Crippen MR) is 119 cm³/mol. The normalized spacial score (nSPS) is 17.3. The fourth-order valence-corrected chi connectivity index (χ4v) is 6.41. The summed E-state index contributed by atoms with van der Waals surface area (Å²) < 4.78 is 42.5. The molecule has 170 valence electrons. The number of non-ortho nitro benzene ring substituents is 1. The maximum Gasteiger partial charge on any atom is 0.270 e. The van der Waals surface area contributed by atoms with Crippen molar-refractivity contribution < 1.29 is 22.5 Å². The lowest BCUT2D eigenvalue weighted by molar-refractivity contribution is -0.384. The van der Waals surface area contributed by atoms with Crippen LogP contribution in [0.15, 0.2) is 52.4 Å². The average molecular weight is 489 g/mol. The van der Waals surface area contributed by atoms with Gasteiger partial charge < -0.3 is 4.57 Å². The topological polar surface area (TPSA) is 115 Å². The van der Waals surface area contributed by atoms with Gasteiger partial charge in [0.05, 0.1) is 26.6 Å². The molecule has 1 amide bonds. The third-order valence-electron chi connectivity index (χ3n) is 5.24. The zero-order chi connectivity index (χ0) is 23.8. The van der Waals surface area contributed by atoms with Crippen molar-refractivity contribution in [3.63, 3.8) is 0 Å². The monoisotopic (exact) mass is 488 g/mol. The van der Waals surface area contributed by atoms with Gasteiger partial charge in [0.2, 0.25) is 10.0 Å². The van der Waals surface area contributed by atoms with Crippen LogP contribution in [0.25, 0.3) is 10.2 Å². The number of amides is 1. The van der Waals surface area contributed by atoms with E-state index >= 15 is 0 Å². The number of hydrogen-bond acceptors (Lipinski definition) is 6. The number of nitrogens with zero attached hydrogens (tertiary/aromatic N) is 4. The molecule has 0 radical (unpaired) electrons. The number of hydrogen-bond donors (Lipinski definition) is 0. The second-order valence-electron chi connectivity index (χ2n) is 7.26. The Hall–Kier alpha value is -3.40. The first-order chi connectivity index (χ1) is 15.7. The number of benzene rings is 2. The van der Waals surface area contributed by atoms with E-state index in [2.05, 4.69) is 10.9 Å². The third kappa shape index (κ3) is 4.30. The molecule has 0 N–H and O–H groups in total. The SMILES string of the molecule is C#CCn1c(=NC(=O)C2CCCN2S(=O)(=O)c2ccc(F)cc2)sc2cc([N+](=O)[O-])ccc21. The van der Waals surface area contributed by atoms with Gasteiger partial charge in [-0.3, -0.25) is 14.9 Å². The highest BCUT2D eigenvalue weighted by molar-refractivity contribution is 7.89. The number of carbonyl (C=O) groups is 1. The standard InChI is InChI=1S/C21H17FN4O5S2/c1-2-11-24-17-10-7-15(26(28)29)13-19(17)32-21(24)23-20(27)18-4-3-12-25(18)33(30,31)16-8-5-14(22)6-9-16/h1,5-10,13,18H,3-4,11-12H2. The molecule has 1 saturated heterocycles. The Bertz CT molecular complexity index is 1470. The lowest BCUT2D eigenvalue weighted by Gasteiger charge is -2.21. The number of terminal acetylenes is 1. The summed E-state index contributed by atoms with van der Waals surface area (Å²) in [6.07, 6.45) is 6.20. The maximum atomic E-state index is 13.2. The van der Waals surface area contributed by atoms with Gasteiger partial charge in [-0.15, -0.1) is 6.42 Å². The Morgan fingerprint density at radius 1 is 1.30 bits per heavy atom. The summed E-state index contributed by atoms with van der Waals surface area (Å²) in [5, 5.41) is 11.1. The van der Waals surface area contributed by atoms with Crippen LogP contribution in [0.3, 0.4) is 0 Å². The summed E-state index contributed by atoms with van der Waals surface area (Å²) in [5.74, 6) is 1.24. The van der Waals surface area contributed by atoms with Crippen molar-refractivity contribution in [2.75, 3.05) is 6.54 Å². The highest BCUT2D eigenvalue weighted by Crippen LogP contribution is 2.27. The Kier molecular flexibility index (Phi) is 6.11. The van der Waals surface area contributed by atoms with Crippen molar-refractivity contribution in [3.05, 3.63) is 63.2 Å². The van der Waals surface area contributed by atoms with E-state index in [1.165, 1.54) is 18.2 Å². The third-order valence-corrected chi connectivity index (χ3v) is 8.20. The number of nitro benzene ring substituents is 1. The van der Waals surface area contributed by atoms with E-state index in [1.54, 1.807) is 4.57 Å². The summed E-state index contributed by atoms with van der Waals surface area (Å²) in [4.78, 5) is 27.9. The van der Waals surface area contributed by atoms with Crippen molar-refractivity contribution in [1.82, 2.24) is 8.87 Å². The number of thiazole rings is 1. The Morgan fingerprint density at radius 3 is 2.70 bits per heavy atom. The minimum atomic E-state index is -4.03. The van der Waals surface area contributed by atoms with E-state index < -0.39 is 32.7 Å². The first kappa shape index (κ1) is 22.8. The molecule has 0 spiro atoms. The summed E-state index contributed by atoms with van der Waals surface area (Å²) in [6.45, 7) is 0.209. The molecule has 3 aromatic rings. The van der Waals surface area contributed by atoms with Crippen LogP contribution in [0.5, 0.6) is 0 Å². The first-order valence-electron chi connectivity index (χ1n) is 9.79. The molecule has 0 saturated carbocycles. The Balaban J connectivity index is 1.73. The van der Waals surface area contributed by atoms with Crippen molar-refractivity contribution >= 4 is 43.2 Å². The van der Waals surface area contributed by atoms with Crippen LogP contribution in [0.1, 0.15) is 12.8 Å². The highest BCUT2D eigenvalue weighted by Gasteiger charge is 2.39. The van der Waals surface area contributed by atoms with Gasteiger partial charge in [-0.05, 0) is 43.2 Å². The molecule has 0 bridgehead atoms. The van der Waals surface area contributed by atoms with Crippen molar-refractivity contribution in [3.8, 4) is 12.3 Å². The summed E-state index contributed by atoms with van der Waals surface area (Å²) in [7, 11) is -4.03. The molecular formula is C21H17FN4O5S2. The van der Waals surface area contributed by atoms with Crippen LogP contribution in [-0.2, 0) is 21.4 Å². The lowest BCUT2D eigenvalue weighted by atomic mass is 10.2. The Labute approximate surface area is 192 Å². The zero-order valence-electron chi connectivity index (χ0n) is 17.0. The van der Waals surface area contributed by atoms with Gasteiger partial charge >= 0.3 is 0 Å². The second-order valence-corrected chi connectivity index (χ2v) is 10.2. The van der Waals surface area contributed by atoms with Crippen LogP contribution in [0, 0.1) is 28.3 Å². The number of halogens is 1. The first-order valence-corrected chi connectivity index (χ1v) is 12.1. The average Bonchev–Trinajstić information content (AvgIpc) is 3.40. The molecule has 4 rings (SSSR count). The number of nitro groups is 1. The fourth-order valence-electron chi connectivity index (χ4n) is 3.69. The fraction of sp³-hybridized carbons (Fsp3) is 0.238.